The fraction of sp³-hybridized carbons (Fsp3) is 0.500. The molecule has 2 rings (SSSR count). The summed E-state index contributed by atoms with van der Waals surface area (Å²) in [5.74, 6) is 0.174. The van der Waals surface area contributed by atoms with Crippen molar-refractivity contribution in [1.29, 1.82) is 0 Å². The fourth-order valence-electron chi connectivity index (χ4n) is 2.32. The molecule has 0 spiro atoms. The van der Waals surface area contributed by atoms with E-state index in [1.54, 1.807) is 12.1 Å². The Hall–Kier alpha value is -1.75. The molecule has 19 heavy (non-hydrogen) atoms. The zero-order chi connectivity index (χ0) is 13.8. The van der Waals surface area contributed by atoms with Crippen molar-refractivity contribution in [1.82, 2.24) is 10.6 Å². The lowest BCUT2D eigenvalue weighted by atomic mass is 9.99. The lowest BCUT2D eigenvalue weighted by Crippen LogP contribution is -2.51. The zero-order valence-electron chi connectivity index (χ0n) is 11.3. The number of piperidine rings is 1. The number of methoxy groups -OCH3 is 1. The number of phenolic OH excluding ortho intramolecular Hbond substituents is 1. The van der Waals surface area contributed by atoms with Gasteiger partial charge in [-0.1, -0.05) is 0 Å². The van der Waals surface area contributed by atoms with E-state index in [4.69, 9.17) is 4.74 Å². The molecule has 2 atom stereocenters. The molecule has 104 valence electrons. The van der Waals surface area contributed by atoms with E-state index >= 15 is 0 Å². The minimum atomic E-state index is -0.168. The Morgan fingerprint density at radius 3 is 2.95 bits per heavy atom. The molecule has 0 bridgehead atoms. The third-order valence-electron chi connectivity index (χ3n) is 3.52. The maximum Gasteiger partial charge on any atom is 0.251 e. The summed E-state index contributed by atoms with van der Waals surface area (Å²) in [6, 6.07) is 5.06. The van der Waals surface area contributed by atoms with Crippen molar-refractivity contribution in [3.05, 3.63) is 23.8 Å². The van der Waals surface area contributed by atoms with Crippen LogP contribution in [0.25, 0.3) is 0 Å². The highest BCUT2D eigenvalue weighted by molar-refractivity contribution is 5.95. The summed E-state index contributed by atoms with van der Waals surface area (Å²) in [5.41, 5.74) is 0.441. The van der Waals surface area contributed by atoms with Crippen molar-refractivity contribution in [3.8, 4) is 11.5 Å². The van der Waals surface area contributed by atoms with Crippen molar-refractivity contribution in [2.24, 2.45) is 0 Å². The molecule has 0 aliphatic carbocycles. The fourth-order valence-corrected chi connectivity index (χ4v) is 2.32. The van der Waals surface area contributed by atoms with Crippen molar-refractivity contribution in [2.45, 2.75) is 31.8 Å². The van der Waals surface area contributed by atoms with E-state index in [1.165, 1.54) is 13.2 Å². The van der Waals surface area contributed by atoms with Crippen molar-refractivity contribution in [3.63, 3.8) is 0 Å². The Kier molecular flexibility index (Phi) is 4.27. The van der Waals surface area contributed by atoms with Crippen LogP contribution in [0.4, 0.5) is 0 Å². The lowest BCUT2D eigenvalue weighted by Gasteiger charge is -2.30. The average molecular weight is 264 g/mol. The Balaban J connectivity index is 2.05. The SMILES string of the molecule is COc1ccc(C(=O)NC2CCCNC2C)cc1O. The van der Waals surface area contributed by atoms with Crippen molar-refractivity contribution in [2.75, 3.05) is 13.7 Å². The maximum absolute atomic E-state index is 12.1. The minimum Gasteiger partial charge on any atom is -0.504 e. The van der Waals surface area contributed by atoms with E-state index < -0.39 is 0 Å². The van der Waals surface area contributed by atoms with Gasteiger partial charge in [0, 0.05) is 17.6 Å². The van der Waals surface area contributed by atoms with Gasteiger partial charge in [0.25, 0.3) is 5.91 Å². The van der Waals surface area contributed by atoms with E-state index in [9.17, 15) is 9.90 Å². The zero-order valence-corrected chi connectivity index (χ0v) is 11.3. The van der Waals surface area contributed by atoms with Crippen LogP contribution in [0.3, 0.4) is 0 Å². The molecule has 1 amide bonds. The summed E-state index contributed by atoms with van der Waals surface area (Å²) in [4.78, 5) is 12.1. The van der Waals surface area contributed by atoms with Gasteiger partial charge in [0.2, 0.25) is 0 Å². The molecule has 5 heteroatoms. The number of hydrogen-bond acceptors (Lipinski definition) is 4. The number of carbonyl (C=O) groups is 1. The molecule has 1 fully saturated rings. The summed E-state index contributed by atoms with van der Waals surface area (Å²) in [6.45, 7) is 3.06. The second-order valence-corrected chi connectivity index (χ2v) is 4.85. The van der Waals surface area contributed by atoms with Crippen molar-refractivity contribution >= 4 is 5.91 Å². The second-order valence-electron chi connectivity index (χ2n) is 4.85. The number of nitrogens with one attached hydrogen (secondary N) is 2. The molecule has 0 saturated carbocycles. The highest BCUT2D eigenvalue weighted by Gasteiger charge is 2.23. The topological polar surface area (TPSA) is 70.6 Å². The predicted molar refractivity (Wildman–Crippen MR) is 72.6 cm³/mol. The monoisotopic (exact) mass is 264 g/mol. The van der Waals surface area contributed by atoms with Crippen LogP contribution in [-0.4, -0.2) is 36.8 Å². The smallest absolute Gasteiger partial charge is 0.251 e. The Bertz CT molecular complexity index is 462. The molecule has 1 aromatic carbocycles. The van der Waals surface area contributed by atoms with Gasteiger partial charge in [-0.2, -0.15) is 0 Å². The molecule has 1 heterocycles. The van der Waals surface area contributed by atoms with Gasteiger partial charge in [0.05, 0.1) is 7.11 Å². The largest absolute Gasteiger partial charge is 0.504 e. The van der Waals surface area contributed by atoms with Gasteiger partial charge >= 0.3 is 0 Å². The van der Waals surface area contributed by atoms with E-state index in [2.05, 4.69) is 17.6 Å². The quantitative estimate of drug-likeness (QED) is 0.769. The van der Waals surface area contributed by atoms with Crippen LogP contribution < -0.4 is 15.4 Å². The van der Waals surface area contributed by atoms with E-state index in [1.807, 2.05) is 0 Å². The van der Waals surface area contributed by atoms with Crippen LogP contribution in [-0.2, 0) is 0 Å². The number of carbonyl (C=O) groups excluding carboxylic acids is 1. The first-order valence-corrected chi connectivity index (χ1v) is 6.53. The Morgan fingerprint density at radius 2 is 2.32 bits per heavy atom. The molecule has 2 unspecified atom stereocenters. The van der Waals surface area contributed by atoms with Crippen LogP contribution in [0, 0.1) is 0 Å². The number of phenols is 1. The van der Waals surface area contributed by atoms with Gasteiger partial charge in [-0.25, -0.2) is 0 Å². The van der Waals surface area contributed by atoms with Crippen molar-refractivity contribution < 1.29 is 14.6 Å². The van der Waals surface area contributed by atoms with Crippen LogP contribution in [0.15, 0.2) is 18.2 Å². The average Bonchev–Trinajstić information content (AvgIpc) is 2.41. The van der Waals surface area contributed by atoms with Gasteiger partial charge in [-0.15, -0.1) is 0 Å². The lowest BCUT2D eigenvalue weighted by molar-refractivity contribution is 0.0919. The number of rotatable bonds is 3. The number of aromatic hydroxyl groups is 1. The molecule has 1 saturated heterocycles. The summed E-state index contributed by atoms with van der Waals surface area (Å²) >= 11 is 0. The van der Waals surface area contributed by atoms with Gasteiger partial charge < -0.3 is 20.5 Å². The molecule has 5 nitrogen and oxygen atoms in total. The third-order valence-corrected chi connectivity index (χ3v) is 3.52. The molecule has 1 aromatic rings. The highest BCUT2D eigenvalue weighted by atomic mass is 16.5. The first-order valence-electron chi connectivity index (χ1n) is 6.53. The first-order chi connectivity index (χ1) is 9.11. The highest BCUT2D eigenvalue weighted by Crippen LogP contribution is 2.26. The van der Waals surface area contributed by atoms with Gasteiger partial charge in [0.1, 0.15) is 0 Å². The van der Waals surface area contributed by atoms with Gasteiger partial charge in [0.15, 0.2) is 11.5 Å². The van der Waals surface area contributed by atoms with Crippen LogP contribution in [0.5, 0.6) is 11.5 Å². The molecule has 0 radical (unpaired) electrons. The molecular weight excluding hydrogens is 244 g/mol. The molecule has 3 N–H and O–H groups in total. The Morgan fingerprint density at radius 1 is 1.53 bits per heavy atom. The number of hydrogen-bond donors (Lipinski definition) is 3. The van der Waals surface area contributed by atoms with Gasteiger partial charge in [-0.05, 0) is 44.5 Å². The van der Waals surface area contributed by atoms with Gasteiger partial charge in [-0.3, -0.25) is 4.79 Å². The second kappa shape index (κ2) is 5.93. The van der Waals surface area contributed by atoms with Crippen LogP contribution in [0.2, 0.25) is 0 Å². The van der Waals surface area contributed by atoms with E-state index in [0.29, 0.717) is 11.3 Å². The Labute approximate surface area is 113 Å². The van der Waals surface area contributed by atoms with Crippen LogP contribution in [0.1, 0.15) is 30.1 Å². The number of ether oxygens (including phenoxy) is 1. The summed E-state index contributed by atoms with van der Waals surface area (Å²) in [7, 11) is 1.48. The van der Waals surface area contributed by atoms with E-state index in [0.717, 1.165) is 19.4 Å². The number of amides is 1. The summed E-state index contributed by atoms with van der Waals surface area (Å²) in [6.07, 6.45) is 2.03. The van der Waals surface area contributed by atoms with Crippen LogP contribution >= 0.6 is 0 Å². The molecule has 1 aliphatic rings. The number of benzene rings is 1. The molecule has 0 aromatic heterocycles. The summed E-state index contributed by atoms with van der Waals surface area (Å²) in [5, 5.41) is 16.0. The first kappa shape index (κ1) is 13.7. The minimum absolute atomic E-state index is 0.0232. The molecule has 1 aliphatic heterocycles. The normalized spacial score (nSPS) is 22.8. The molecular formula is C14H20N2O3. The predicted octanol–water partition coefficient (Wildman–Crippen LogP) is 1.27. The summed E-state index contributed by atoms with van der Waals surface area (Å²) < 4.78 is 4.96. The third kappa shape index (κ3) is 3.17. The standard InChI is InChI=1S/C14H20N2O3/c1-9-11(4-3-7-15-9)16-14(18)10-5-6-13(19-2)12(17)8-10/h5-6,8-9,11,15,17H,3-4,7H2,1-2H3,(H,16,18). The van der Waals surface area contributed by atoms with E-state index in [-0.39, 0.29) is 23.7 Å². The maximum atomic E-state index is 12.1.